The molecule has 0 saturated carbocycles. The van der Waals surface area contributed by atoms with Crippen LogP contribution in [0.25, 0.3) is 0 Å². The van der Waals surface area contributed by atoms with Gasteiger partial charge in [0.05, 0.1) is 0 Å². The maximum Gasteiger partial charge on any atom is 0.364 e. The lowest BCUT2D eigenvalue weighted by Crippen LogP contribution is -2.53. The molecule has 0 aliphatic rings. The molecule has 0 rings (SSSR count). The SMILES string of the molecule is CCO[Si](C)(OCC)C(CC)OC(C)OC(F)=C(F)Cl. The summed E-state index contributed by atoms with van der Waals surface area (Å²) in [5.41, 5.74) is -0.372. The molecule has 0 amide bonds. The monoisotopic (exact) mass is 332 g/mol. The quantitative estimate of drug-likeness (QED) is 0.342. The second-order valence-electron chi connectivity index (χ2n) is 4.13. The van der Waals surface area contributed by atoms with Crippen LogP contribution in [-0.4, -0.2) is 33.8 Å². The molecule has 120 valence electrons. The first-order valence-electron chi connectivity index (χ1n) is 6.61. The van der Waals surface area contributed by atoms with Crippen molar-refractivity contribution in [3.63, 3.8) is 0 Å². The smallest absolute Gasteiger partial charge is 0.364 e. The fourth-order valence-corrected chi connectivity index (χ4v) is 4.67. The van der Waals surface area contributed by atoms with Crippen LogP contribution in [0.15, 0.2) is 11.3 Å². The number of hydrogen-bond acceptors (Lipinski definition) is 4. The summed E-state index contributed by atoms with van der Waals surface area (Å²) in [5, 5.41) is -1.54. The van der Waals surface area contributed by atoms with Crippen LogP contribution in [0, 0.1) is 0 Å². The first-order chi connectivity index (χ1) is 9.30. The predicted molar refractivity (Wildman–Crippen MR) is 75.7 cm³/mol. The van der Waals surface area contributed by atoms with E-state index in [-0.39, 0.29) is 5.73 Å². The Morgan fingerprint density at radius 2 is 1.65 bits per heavy atom. The van der Waals surface area contributed by atoms with E-state index in [1.807, 2.05) is 27.3 Å². The highest BCUT2D eigenvalue weighted by Crippen LogP contribution is 2.22. The van der Waals surface area contributed by atoms with Gasteiger partial charge in [-0.1, -0.05) is 6.92 Å². The van der Waals surface area contributed by atoms with Crippen molar-refractivity contribution in [2.45, 2.75) is 52.7 Å². The molecule has 0 aromatic heterocycles. The second-order valence-corrected chi connectivity index (χ2v) is 7.72. The van der Waals surface area contributed by atoms with Crippen LogP contribution < -0.4 is 0 Å². The molecular weight excluding hydrogens is 310 g/mol. The Morgan fingerprint density at radius 1 is 1.15 bits per heavy atom. The van der Waals surface area contributed by atoms with Gasteiger partial charge in [0.2, 0.25) is 0 Å². The van der Waals surface area contributed by atoms with Gasteiger partial charge in [-0.3, -0.25) is 0 Å². The van der Waals surface area contributed by atoms with Crippen LogP contribution in [0.5, 0.6) is 0 Å². The molecule has 0 heterocycles. The van der Waals surface area contributed by atoms with Gasteiger partial charge in [-0.25, -0.2) is 0 Å². The summed E-state index contributed by atoms with van der Waals surface area (Å²) >= 11 is 4.85. The summed E-state index contributed by atoms with van der Waals surface area (Å²) in [7, 11) is -2.59. The van der Waals surface area contributed by atoms with Crippen LogP contribution in [0.1, 0.15) is 34.1 Å². The Hall–Kier alpha value is -0.213. The van der Waals surface area contributed by atoms with Gasteiger partial charge in [0.15, 0.2) is 6.29 Å². The van der Waals surface area contributed by atoms with E-state index in [9.17, 15) is 8.78 Å². The van der Waals surface area contributed by atoms with E-state index in [0.717, 1.165) is 0 Å². The minimum Gasteiger partial charge on any atom is -0.438 e. The third-order valence-corrected chi connectivity index (χ3v) is 6.18. The number of halogens is 3. The van der Waals surface area contributed by atoms with Crippen molar-refractivity contribution in [3.8, 4) is 0 Å². The number of hydrogen-bond donors (Lipinski definition) is 0. The minimum absolute atomic E-state index is 0.372. The van der Waals surface area contributed by atoms with Gasteiger partial charge in [-0.2, -0.15) is 8.78 Å². The lowest BCUT2D eigenvalue weighted by Gasteiger charge is -2.34. The fraction of sp³-hybridized carbons (Fsp3) is 0.833. The van der Waals surface area contributed by atoms with Crippen LogP contribution in [-0.2, 0) is 18.3 Å². The Morgan fingerprint density at radius 3 is 2.00 bits per heavy atom. The van der Waals surface area contributed by atoms with Gasteiger partial charge >= 0.3 is 14.6 Å². The lowest BCUT2D eigenvalue weighted by molar-refractivity contribution is -0.142. The molecule has 20 heavy (non-hydrogen) atoms. The average molecular weight is 333 g/mol. The van der Waals surface area contributed by atoms with Crippen molar-refractivity contribution in [3.05, 3.63) is 11.3 Å². The largest absolute Gasteiger partial charge is 0.438 e. The molecular formula is C12H23ClF2O4Si. The molecule has 0 aromatic carbocycles. The maximum absolute atomic E-state index is 12.9. The summed E-state index contributed by atoms with van der Waals surface area (Å²) in [6.45, 7) is 9.92. The van der Waals surface area contributed by atoms with E-state index < -0.39 is 26.1 Å². The first-order valence-corrected chi connectivity index (χ1v) is 9.38. The number of ether oxygens (including phenoxy) is 2. The van der Waals surface area contributed by atoms with Crippen molar-refractivity contribution < 1.29 is 27.1 Å². The van der Waals surface area contributed by atoms with Crippen molar-refractivity contribution in [1.29, 1.82) is 0 Å². The summed E-state index contributed by atoms with van der Waals surface area (Å²) in [6, 6.07) is -1.50. The van der Waals surface area contributed by atoms with E-state index >= 15 is 0 Å². The molecule has 0 bridgehead atoms. The van der Waals surface area contributed by atoms with Crippen LogP contribution >= 0.6 is 11.6 Å². The molecule has 0 radical (unpaired) electrons. The molecule has 8 heteroatoms. The zero-order valence-electron chi connectivity index (χ0n) is 12.5. The average Bonchev–Trinajstić information content (AvgIpc) is 2.36. The normalized spacial score (nSPS) is 16.6. The third kappa shape index (κ3) is 6.49. The Kier molecular flexibility index (Phi) is 9.57. The van der Waals surface area contributed by atoms with Crippen molar-refractivity contribution in [1.82, 2.24) is 0 Å². The molecule has 0 N–H and O–H groups in total. The van der Waals surface area contributed by atoms with Gasteiger partial charge in [-0.15, -0.1) is 0 Å². The Labute approximate surface area is 125 Å². The molecule has 0 aliphatic carbocycles. The summed E-state index contributed by atoms with van der Waals surface area (Å²) in [6.07, 6.45) is -0.400. The zero-order valence-corrected chi connectivity index (χ0v) is 14.3. The van der Waals surface area contributed by atoms with Crippen LogP contribution in [0.4, 0.5) is 8.78 Å². The summed E-state index contributed by atoms with van der Waals surface area (Å²) in [4.78, 5) is 0. The highest BCUT2D eigenvalue weighted by atomic mass is 35.5. The molecule has 2 unspecified atom stereocenters. The third-order valence-electron chi connectivity index (χ3n) is 2.59. The van der Waals surface area contributed by atoms with Crippen molar-refractivity contribution in [2.24, 2.45) is 0 Å². The maximum atomic E-state index is 12.9. The Balaban J connectivity index is 4.76. The lowest BCUT2D eigenvalue weighted by atomic mass is 10.5. The van der Waals surface area contributed by atoms with Gasteiger partial charge in [0.25, 0.3) is 5.29 Å². The highest BCUT2D eigenvalue weighted by Gasteiger charge is 2.42. The molecule has 0 fully saturated rings. The van der Waals surface area contributed by atoms with E-state index in [2.05, 4.69) is 4.74 Å². The molecule has 0 aromatic rings. The summed E-state index contributed by atoms with van der Waals surface area (Å²) in [5.74, 6) is 0. The molecule has 2 atom stereocenters. The van der Waals surface area contributed by atoms with E-state index in [1.54, 1.807) is 0 Å². The minimum atomic E-state index is -2.59. The van der Waals surface area contributed by atoms with E-state index in [1.165, 1.54) is 6.92 Å². The van der Waals surface area contributed by atoms with Crippen molar-refractivity contribution >= 4 is 20.2 Å². The zero-order chi connectivity index (χ0) is 15.8. The van der Waals surface area contributed by atoms with Gasteiger partial charge < -0.3 is 18.3 Å². The van der Waals surface area contributed by atoms with Gasteiger partial charge in [-0.05, 0) is 45.3 Å². The standard InChI is InChI=1S/C12H23ClF2O4Si/c1-6-10(20(5,16-7-2)17-8-3)18-9(4)19-12(15)11(13)14/h9-10H,6-8H2,1-5H3. The fourth-order valence-electron chi connectivity index (χ4n) is 1.84. The van der Waals surface area contributed by atoms with E-state index in [4.69, 9.17) is 25.2 Å². The molecule has 4 nitrogen and oxygen atoms in total. The first kappa shape index (κ1) is 19.8. The van der Waals surface area contributed by atoms with Crippen molar-refractivity contribution in [2.75, 3.05) is 13.2 Å². The van der Waals surface area contributed by atoms with Gasteiger partial charge in [0, 0.05) is 13.2 Å². The molecule has 0 aliphatic heterocycles. The van der Waals surface area contributed by atoms with Gasteiger partial charge in [0.1, 0.15) is 5.73 Å². The Bertz CT molecular complexity index is 308. The summed E-state index contributed by atoms with van der Waals surface area (Å²) < 4.78 is 46.9. The molecule has 0 spiro atoms. The predicted octanol–water partition coefficient (Wildman–Crippen LogP) is 4.13. The molecule has 0 saturated heterocycles. The van der Waals surface area contributed by atoms with Crippen LogP contribution in [0.2, 0.25) is 6.55 Å². The highest BCUT2D eigenvalue weighted by molar-refractivity contribution is 6.67. The number of rotatable bonds is 10. The van der Waals surface area contributed by atoms with Crippen LogP contribution in [0.3, 0.4) is 0 Å². The topological polar surface area (TPSA) is 36.9 Å². The van der Waals surface area contributed by atoms with E-state index in [0.29, 0.717) is 19.6 Å². The second kappa shape index (κ2) is 9.67.